The van der Waals surface area contributed by atoms with E-state index in [0.717, 1.165) is 35.2 Å². The third-order valence-corrected chi connectivity index (χ3v) is 5.00. The van der Waals surface area contributed by atoms with Crippen LogP contribution in [0.5, 0.6) is 5.75 Å². The van der Waals surface area contributed by atoms with E-state index in [2.05, 4.69) is 36.5 Å². The van der Waals surface area contributed by atoms with Gasteiger partial charge in [0.15, 0.2) is 6.61 Å². The Morgan fingerprint density at radius 3 is 2.60 bits per heavy atom. The van der Waals surface area contributed by atoms with Crippen LogP contribution in [0.2, 0.25) is 0 Å². The van der Waals surface area contributed by atoms with Gasteiger partial charge in [0.1, 0.15) is 5.75 Å². The lowest BCUT2D eigenvalue weighted by atomic mass is 10.0. The standard InChI is InChI=1S/C22H21NO2/c1-14-6-10-18(12-15(14)2)25-13-21(24)23-20-11-9-17-8-7-16-4-3-5-19(20)22(16)17/h3-6,9-12H,7-8,13H2,1-2H3,(H,23,24). The zero-order valence-electron chi connectivity index (χ0n) is 14.6. The molecule has 0 bridgehead atoms. The first-order valence-corrected chi connectivity index (χ1v) is 8.65. The first-order valence-electron chi connectivity index (χ1n) is 8.65. The molecule has 0 aromatic heterocycles. The van der Waals surface area contributed by atoms with Crippen LogP contribution in [0, 0.1) is 13.8 Å². The van der Waals surface area contributed by atoms with Crippen LogP contribution in [-0.2, 0) is 17.6 Å². The van der Waals surface area contributed by atoms with Crippen LogP contribution in [0.3, 0.4) is 0 Å². The molecule has 3 nitrogen and oxygen atoms in total. The summed E-state index contributed by atoms with van der Waals surface area (Å²) in [7, 11) is 0. The summed E-state index contributed by atoms with van der Waals surface area (Å²) in [5.74, 6) is 0.579. The first kappa shape index (κ1) is 15.7. The number of carbonyl (C=O) groups is 1. The summed E-state index contributed by atoms with van der Waals surface area (Å²) in [6.45, 7) is 4.10. The van der Waals surface area contributed by atoms with Crippen molar-refractivity contribution < 1.29 is 9.53 Å². The molecule has 1 aliphatic rings. The van der Waals surface area contributed by atoms with Crippen LogP contribution in [0.15, 0.2) is 48.5 Å². The van der Waals surface area contributed by atoms with Gasteiger partial charge in [-0.3, -0.25) is 4.79 Å². The zero-order chi connectivity index (χ0) is 17.4. The molecule has 0 radical (unpaired) electrons. The summed E-state index contributed by atoms with van der Waals surface area (Å²) >= 11 is 0. The highest BCUT2D eigenvalue weighted by Crippen LogP contribution is 2.34. The molecule has 0 saturated carbocycles. The number of amides is 1. The van der Waals surface area contributed by atoms with Crippen LogP contribution in [-0.4, -0.2) is 12.5 Å². The van der Waals surface area contributed by atoms with Crippen molar-refractivity contribution >= 4 is 22.4 Å². The molecule has 0 atom stereocenters. The van der Waals surface area contributed by atoms with Crippen molar-refractivity contribution in [3.63, 3.8) is 0 Å². The maximum absolute atomic E-state index is 12.3. The lowest BCUT2D eigenvalue weighted by Crippen LogP contribution is -2.20. The highest BCUT2D eigenvalue weighted by atomic mass is 16.5. The molecular formula is C22H21NO2. The van der Waals surface area contributed by atoms with Crippen LogP contribution in [0.25, 0.3) is 10.8 Å². The quantitative estimate of drug-likeness (QED) is 0.760. The predicted molar refractivity (Wildman–Crippen MR) is 101 cm³/mol. The third-order valence-electron chi connectivity index (χ3n) is 5.00. The van der Waals surface area contributed by atoms with Crippen molar-refractivity contribution in [2.75, 3.05) is 11.9 Å². The summed E-state index contributed by atoms with van der Waals surface area (Å²) in [6.07, 6.45) is 2.17. The van der Waals surface area contributed by atoms with Crippen molar-refractivity contribution in [1.82, 2.24) is 0 Å². The molecule has 4 rings (SSSR count). The van der Waals surface area contributed by atoms with Gasteiger partial charge >= 0.3 is 0 Å². The van der Waals surface area contributed by atoms with Gasteiger partial charge < -0.3 is 10.1 Å². The van der Waals surface area contributed by atoms with Crippen LogP contribution in [0.4, 0.5) is 5.69 Å². The van der Waals surface area contributed by atoms with Crippen LogP contribution < -0.4 is 10.1 Å². The minimum Gasteiger partial charge on any atom is -0.484 e. The Hall–Kier alpha value is -2.81. The Kier molecular flexibility index (Phi) is 3.92. The van der Waals surface area contributed by atoms with Gasteiger partial charge in [0, 0.05) is 11.1 Å². The van der Waals surface area contributed by atoms with E-state index in [0.29, 0.717) is 0 Å². The summed E-state index contributed by atoms with van der Waals surface area (Å²) in [5, 5.41) is 5.42. The monoisotopic (exact) mass is 331 g/mol. The number of rotatable bonds is 4. The largest absolute Gasteiger partial charge is 0.484 e. The summed E-state index contributed by atoms with van der Waals surface area (Å²) in [5.41, 5.74) is 5.97. The highest BCUT2D eigenvalue weighted by Gasteiger charge is 2.16. The normalized spacial score (nSPS) is 12.4. The second-order valence-electron chi connectivity index (χ2n) is 6.69. The number of anilines is 1. The molecule has 0 unspecified atom stereocenters. The number of aryl methyl sites for hydroxylation is 4. The minimum atomic E-state index is -0.142. The topological polar surface area (TPSA) is 38.3 Å². The summed E-state index contributed by atoms with van der Waals surface area (Å²) in [6, 6.07) is 16.3. The third kappa shape index (κ3) is 2.98. The number of ether oxygens (including phenoxy) is 1. The van der Waals surface area contributed by atoms with E-state index in [1.807, 2.05) is 31.2 Å². The molecule has 0 heterocycles. The second-order valence-corrected chi connectivity index (χ2v) is 6.69. The lowest BCUT2D eigenvalue weighted by Gasteiger charge is -2.12. The predicted octanol–water partition coefficient (Wildman–Crippen LogP) is 4.57. The second kappa shape index (κ2) is 6.25. The van der Waals surface area contributed by atoms with E-state index in [9.17, 15) is 4.79 Å². The molecule has 0 saturated heterocycles. The van der Waals surface area contributed by atoms with Crippen molar-refractivity contribution in [3.05, 3.63) is 70.8 Å². The highest BCUT2D eigenvalue weighted by molar-refractivity contribution is 6.05. The molecule has 3 heteroatoms. The van der Waals surface area contributed by atoms with E-state index >= 15 is 0 Å². The van der Waals surface area contributed by atoms with Gasteiger partial charge in [-0.05, 0) is 72.5 Å². The Bertz CT molecular complexity index is 965. The van der Waals surface area contributed by atoms with Crippen molar-refractivity contribution in [3.8, 4) is 5.75 Å². The Balaban J connectivity index is 1.50. The minimum absolute atomic E-state index is 0.00539. The molecule has 1 N–H and O–H groups in total. The number of hydrogen-bond acceptors (Lipinski definition) is 2. The maximum Gasteiger partial charge on any atom is 0.262 e. The molecule has 25 heavy (non-hydrogen) atoms. The average molecular weight is 331 g/mol. The summed E-state index contributed by atoms with van der Waals surface area (Å²) < 4.78 is 5.64. The van der Waals surface area contributed by atoms with E-state index in [4.69, 9.17) is 4.74 Å². The van der Waals surface area contributed by atoms with E-state index in [1.165, 1.54) is 22.1 Å². The Morgan fingerprint density at radius 1 is 1.00 bits per heavy atom. The van der Waals surface area contributed by atoms with Gasteiger partial charge in [-0.25, -0.2) is 0 Å². The van der Waals surface area contributed by atoms with Gasteiger partial charge in [0.05, 0.1) is 0 Å². The Labute approximate surface area is 147 Å². The van der Waals surface area contributed by atoms with Gasteiger partial charge in [0.2, 0.25) is 0 Å². The number of hydrogen-bond donors (Lipinski definition) is 1. The number of carbonyl (C=O) groups excluding carboxylic acids is 1. The fourth-order valence-electron chi connectivity index (χ4n) is 3.49. The van der Waals surface area contributed by atoms with Crippen molar-refractivity contribution in [1.29, 1.82) is 0 Å². The fourth-order valence-corrected chi connectivity index (χ4v) is 3.49. The smallest absolute Gasteiger partial charge is 0.262 e. The van der Waals surface area contributed by atoms with E-state index in [1.54, 1.807) is 0 Å². The lowest BCUT2D eigenvalue weighted by molar-refractivity contribution is -0.118. The molecule has 3 aromatic rings. The van der Waals surface area contributed by atoms with Crippen molar-refractivity contribution in [2.24, 2.45) is 0 Å². The molecule has 0 aliphatic heterocycles. The molecule has 1 amide bonds. The van der Waals surface area contributed by atoms with Crippen molar-refractivity contribution in [2.45, 2.75) is 26.7 Å². The van der Waals surface area contributed by atoms with Gasteiger partial charge in [-0.15, -0.1) is 0 Å². The number of nitrogens with one attached hydrogen (secondary N) is 1. The Morgan fingerprint density at radius 2 is 1.80 bits per heavy atom. The summed E-state index contributed by atoms with van der Waals surface area (Å²) in [4.78, 5) is 12.3. The van der Waals surface area contributed by atoms with Crippen LogP contribution >= 0.6 is 0 Å². The molecule has 0 spiro atoms. The van der Waals surface area contributed by atoms with Gasteiger partial charge in [-0.2, -0.15) is 0 Å². The number of benzene rings is 3. The average Bonchev–Trinajstić information content (AvgIpc) is 3.03. The van der Waals surface area contributed by atoms with E-state index < -0.39 is 0 Å². The zero-order valence-corrected chi connectivity index (χ0v) is 14.6. The molecule has 3 aromatic carbocycles. The van der Waals surface area contributed by atoms with E-state index in [-0.39, 0.29) is 12.5 Å². The fraction of sp³-hybridized carbons (Fsp3) is 0.227. The molecule has 126 valence electrons. The maximum atomic E-state index is 12.3. The molecular weight excluding hydrogens is 310 g/mol. The van der Waals surface area contributed by atoms with Crippen LogP contribution in [0.1, 0.15) is 22.3 Å². The molecule has 1 aliphatic carbocycles. The van der Waals surface area contributed by atoms with Gasteiger partial charge in [-0.1, -0.05) is 30.3 Å². The molecule has 0 fully saturated rings. The van der Waals surface area contributed by atoms with Gasteiger partial charge in [0.25, 0.3) is 5.91 Å². The SMILES string of the molecule is Cc1ccc(OCC(=O)Nc2ccc3c4c(cccc24)CC3)cc1C. The first-order chi connectivity index (χ1) is 12.1.